The molecule has 0 spiro atoms. The van der Waals surface area contributed by atoms with Crippen LogP contribution in [0.1, 0.15) is 44.6 Å². The molecule has 33 heavy (non-hydrogen) atoms. The highest BCUT2D eigenvalue weighted by Crippen LogP contribution is 2.36. The second kappa shape index (κ2) is 13.1. The van der Waals surface area contributed by atoms with E-state index >= 15 is 0 Å². The number of hydrogen-bond donors (Lipinski definition) is 1. The Hall–Kier alpha value is -2.72. The summed E-state index contributed by atoms with van der Waals surface area (Å²) in [6.07, 6.45) is 6.08. The number of fused-ring (bicyclic) bond motifs is 1. The Bertz CT molecular complexity index is 995. The number of hydrogen-bond acceptors (Lipinski definition) is 6. The third-order valence-electron chi connectivity index (χ3n) is 6.04. The van der Waals surface area contributed by atoms with E-state index in [0.29, 0.717) is 38.9 Å². The van der Waals surface area contributed by atoms with E-state index in [1.54, 1.807) is 6.08 Å². The van der Waals surface area contributed by atoms with Crippen molar-refractivity contribution in [2.75, 3.05) is 44.5 Å². The number of rotatable bonds is 12. The van der Waals surface area contributed by atoms with E-state index < -0.39 is 0 Å². The molecule has 0 aromatic heterocycles. The van der Waals surface area contributed by atoms with Crippen LogP contribution in [-0.2, 0) is 14.3 Å². The van der Waals surface area contributed by atoms with E-state index in [-0.39, 0.29) is 24.4 Å². The van der Waals surface area contributed by atoms with Crippen LogP contribution in [0.15, 0.2) is 42.0 Å². The number of nitrogens with zero attached hydrogens (tertiary/aromatic N) is 2. The first-order valence-electron chi connectivity index (χ1n) is 11.9. The predicted octanol–water partition coefficient (Wildman–Crippen LogP) is 4.50. The minimum atomic E-state index is -0.163. The molecule has 1 unspecified atom stereocenters. The summed E-state index contributed by atoms with van der Waals surface area (Å²) in [5, 5.41) is 20.7. The number of allylic oxidation sites excluding steroid dienone is 1. The van der Waals surface area contributed by atoms with Crippen LogP contribution in [0.4, 0.5) is 5.69 Å². The first kappa shape index (κ1) is 24.9. The number of benzene rings is 2. The molecule has 6 nitrogen and oxygen atoms in total. The molecule has 1 aliphatic rings. The molecule has 1 heterocycles. The molecule has 0 bridgehead atoms. The average Bonchev–Trinajstić information content (AvgIpc) is 2.84. The van der Waals surface area contributed by atoms with Crippen molar-refractivity contribution in [1.82, 2.24) is 0 Å². The monoisotopic (exact) mass is 450 g/mol. The zero-order chi connectivity index (χ0) is 23.5. The Morgan fingerprint density at radius 2 is 1.94 bits per heavy atom. The van der Waals surface area contributed by atoms with Gasteiger partial charge < -0.3 is 19.5 Å². The average molecular weight is 451 g/mol. The molecule has 2 aromatic rings. The van der Waals surface area contributed by atoms with Gasteiger partial charge in [-0.3, -0.25) is 4.79 Å². The lowest BCUT2D eigenvalue weighted by molar-refractivity contribution is -0.115. The minimum absolute atomic E-state index is 0.00658. The number of carbonyl (C=O) groups is 1. The van der Waals surface area contributed by atoms with Gasteiger partial charge in [0.15, 0.2) is 5.78 Å². The molecule has 1 atom stereocenters. The number of piperidine rings is 1. The lowest BCUT2D eigenvalue weighted by Crippen LogP contribution is -2.38. The van der Waals surface area contributed by atoms with Gasteiger partial charge in [0.05, 0.1) is 37.7 Å². The number of anilines is 1. The second-order valence-electron chi connectivity index (χ2n) is 8.41. The molecule has 6 heteroatoms. The number of Topliss-reactive ketones (excluding diaryl/α,β-unsaturated/α-hetero) is 1. The van der Waals surface area contributed by atoms with Crippen LogP contribution in [-0.4, -0.2) is 56.5 Å². The number of ether oxygens (including phenoxy) is 2. The first-order valence-corrected chi connectivity index (χ1v) is 11.9. The summed E-state index contributed by atoms with van der Waals surface area (Å²) >= 11 is 0. The highest BCUT2D eigenvalue weighted by Gasteiger charge is 2.23. The van der Waals surface area contributed by atoms with Crippen LogP contribution < -0.4 is 4.90 Å². The lowest BCUT2D eigenvalue weighted by atomic mass is 9.95. The van der Waals surface area contributed by atoms with Crippen molar-refractivity contribution in [3.8, 4) is 6.07 Å². The van der Waals surface area contributed by atoms with E-state index in [0.717, 1.165) is 41.4 Å². The maximum atomic E-state index is 12.8. The molecule has 2 aromatic carbocycles. The smallest absolute Gasteiger partial charge is 0.173 e. The normalized spacial score (nSPS) is 16.7. The number of aliphatic hydroxyl groups excluding tert-OH is 1. The summed E-state index contributed by atoms with van der Waals surface area (Å²) in [5.41, 5.74) is 2.22. The molecule has 1 saturated heterocycles. The second-order valence-corrected chi connectivity index (χ2v) is 8.41. The van der Waals surface area contributed by atoms with Gasteiger partial charge in [-0.25, -0.2) is 0 Å². The van der Waals surface area contributed by atoms with Crippen LogP contribution in [0.25, 0.3) is 16.8 Å². The molecule has 1 N–H and O–H groups in total. The van der Waals surface area contributed by atoms with Crippen LogP contribution >= 0.6 is 0 Å². The molecular weight excluding hydrogens is 416 g/mol. The molecule has 176 valence electrons. The van der Waals surface area contributed by atoms with Gasteiger partial charge >= 0.3 is 0 Å². The fourth-order valence-electron chi connectivity index (χ4n) is 4.33. The van der Waals surface area contributed by atoms with Gasteiger partial charge in [-0.2, -0.15) is 5.26 Å². The zero-order valence-corrected chi connectivity index (χ0v) is 19.5. The largest absolute Gasteiger partial charge is 0.394 e. The lowest BCUT2D eigenvalue weighted by Gasteiger charge is -2.37. The van der Waals surface area contributed by atoms with E-state index in [1.165, 1.54) is 6.42 Å². The molecule has 0 amide bonds. The van der Waals surface area contributed by atoms with Crippen molar-refractivity contribution in [2.45, 2.75) is 45.1 Å². The first-order chi connectivity index (χ1) is 16.2. The van der Waals surface area contributed by atoms with E-state index in [9.17, 15) is 10.1 Å². The molecule has 0 radical (unpaired) electrons. The van der Waals surface area contributed by atoms with Gasteiger partial charge in [-0.1, -0.05) is 36.4 Å². The number of ketones is 1. The van der Waals surface area contributed by atoms with E-state index in [2.05, 4.69) is 36.1 Å². The van der Waals surface area contributed by atoms with Crippen molar-refractivity contribution < 1.29 is 19.4 Å². The van der Waals surface area contributed by atoms with Crippen LogP contribution in [0.2, 0.25) is 0 Å². The third-order valence-corrected chi connectivity index (χ3v) is 6.04. The summed E-state index contributed by atoms with van der Waals surface area (Å²) in [4.78, 5) is 15.2. The molecule has 0 saturated carbocycles. The van der Waals surface area contributed by atoms with Crippen LogP contribution in [0.3, 0.4) is 0 Å². The van der Waals surface area contributed by atoms with E-state index in [4.69, 9.17) is 14.6 Å². The van der Waals surface area contributed by atoms with Crippen molar-refractivity contribution in [3.63, 3.8) is 0 Å². The third kappa shape index (κ3) is 6.88. The standard InChI is InChI=1S/C27H34N2O4/c1-21-7-4-5-13-29(21)27-23(12-11-22-8-2-3-9-25(22)27)19-24(20-28)26(31)10-6-15-32-17-18-33-16-14-30/h2-3,8-9,11-12,19,21,30H,4-7,10,13-18H2,1H3/b24-19+. The van der Waals surface area contributed by atoms with Crippen molar-refractivity contribution in [3.05, 3.63) is 47.5 Å². The highest BCUT2D eigenvalue weighted by atomic mass is 16.5. The minimum Gasteiger partial charge on any atom is -0.394 e. The fraction of sp³-hybridized carbons (Fsp3) is 0.481. The summed E-state index contributed by atoms with van der Waals surface area (Å²) in [5.74, 6) is -0.163. The summed E-state index contributed by atoms with van der Waals surface area (Å²) in [7, 11) is 0. The Morgan fingerprint density at radius 1 is 1.15 bits per heavy atom. The summed E-state index contributed by atoms with van der Waals surface area (Å²) < 4.78 is 10.6. The predicted molar refractivity (Wildman–Crippen MR) is 131 cm³/mol. The van der Waals surface area contributed by atoms with E-state index in [1.807, 2.05) is 18.2 Å². The van der Waals surface area contributed by atoms with Gasteiger partial charge in [0.1, 0.15) is 6.07 Å². The molecule has 1 fully saturated rings. The molecule has 3 rings (SSSR count). The summed E-state index contributed by atoms with van der Waals surface area (Å²) in [6, 6.07) is 14.9. The maximum absolute atomic E-state index is 12.8. The topological polar surface area (TPSA) is 82.8 Å². The fourth-order valence-corrected chi connectivity index (χ4v) is 4.33. The SMILES string of the molecule is CC1CCCCN1c1c(/C=C(\C#N)C(=O)CCCOCCOCCO)ccc2ccccc12. The number of nitriles is 1. The Labute approximate surface area is 196 Å². The number of aliphatic hydroxyl groups is 1. The van der Waals surface area contributed by atoms with Gasteiger partial charge in [-0.05, 0) is 49.6 Å². The van der Waals surface area contributed by atoms with Crippen LogP contribution in [0.5, 0.6) is 0 Å². The maximum Gasteiger partial charge on any atom is 0.173 e. The highest BCUT2D eigenvalue weighted by molar-refractivity contribution is 6.06. The van der Waals surface area contributed by atoms with Gasteiger partial charge in [0.2, 0.25) is 0 Å². The quantitative estimate of drug-likeness (QED) is 0.291. The Kier molecular flexibility index (Phi) is 9.89. The van der Waals surface area contributed by atoms with Gasteiger partial charge in [-0.15, -0.1) is 0 Å². The summed E-state index contributed by atoms with van der Waals surface area (Å²) in [6.45, 7) is 4.78. The molecular formula is C27H34N2O4. The molecule has 0 aliphatic carbocycles. The molecule has 1 aliphatic heterocycles. The van der Waals surface area contributed by atoms with Crippen molar-refractivity contribution >= 4 is 28.3 Å². The van der Waals surface area contributed by atoms with Crippen molar-refractivity contribution in [1.29, 1.82) is 5.26 Å². The van der Waals surface area contributed by atoms with Gasteiger partial charge in [0, 0.05) is 31.0 Å². The Morgan fingerprint density at radius 3 is 2.70 bits per heavy atom. The number of carbonyl (C=O) groups excluding carboxylic acids is 1. The zero-order valence-electron chi connectivity index (χ0n) is 19.5. The van der Waals surface area contributed by atoms with Crippen LogP contribution in [0, 0.1) is 11.3 Å². The van der Waals surface area contributed by atoms with Crippen molar-refractivity contribution in [2.24, 2.45) is 0 Å². The Balaban J connectivity index is 1.74. The van der Waals surface area contributed by atoms with Gasteiger partial charge in [0.25, 0.3) is 0 Å².